The van der Waals surface area contributed by atoms with Crippen molar-refractivity contribution < 1.29 is 17.6 Å². The van der Waals surface area contributed by atoms with Gasteiger partial charge in [0.2, 0.25) is 0 Å². The van der Waals surface area contributed by atoms with Gasteiger partial charge in [0.25, 0.3) is 5.91 Å². The van der Waals surface area contributed by atoms with E-state index in [1.54, 1.807) is 47.4 Å². The molecule has 6 heteroatoms. The van der Waals surface area contributed by atoms with E-state index in [4.69, 9.17) is 4.42 Å². The van der Waals surface area contributed by atoms with Crippen molar-refractivity contribution in [3.05, 3.63) is 126 Å². The van der Waals surface area contributed by atoms with Crippen molar-refractivity contribution in [2.75, 3.05) is 0 Å². The van der Waals surface area contributed by atoms with Crippen LogP contribution in [-0.2, 0) is 28.7 Å². The molecule has 0 saturated heterocycles. The van der Waals surface area contributed by atoms with Crippen LogP contribution in [0.15, 0.2) is 112 Å². The summed E-state index contributed by atoms with van der Waals surface area (Å²) in [5, 5.41) is 0. The third kappa shape index (κ3) is 5.34. The molecule has 0 saturated carbocycles. The summed E-state index contributed by atoms with van der Waals surface area (Å²) in [4.78, 5) is 15.2. The molecule has 0 aliphatic carbocycles. The molecule has 0 N–H and O–H groups in total. The van der Waals surface area contributed by atoms with Crippen molar-refractivity contribution in [1.82, 2.24) is 4.90 Å². The van der Waals surface area contributed by atoms with E-state index in [0.29, 0.717) is 13.1 Å². The second-order valence-electron chi connectivity index (χ2n) is 7.47. The van der Waals surface area contributed by atoms with Gasteiger partial charge in [-0.05, 0) is 35.4 Å². The van der Waals surface area contributed by atoms with E-state index in [1.807, 2.05) is 60.7 Å². The number of amides is 1. The van der Waals surface area contributed by atoms with Crippen LogP contribution in [-0.4, -0.2) is 19.2 Å². The van der Waals surface area contributed by atoms with Crippen LogP contribution in [0.1, 0.15) is 27.4 Å². The summed E-state index contributed by atoms with van der Waals surface area (Å²) in [6.07, 6.45) is 0. The van der Waals surface area contributed by atoms with E-state index < -0.39 is 9.84 Å². The number of nitrogens with zero attached hydrogens (tertiary/aromatic N) is 1. The average Bonchev–Trinajstić information content (AvgIpc) is 3.28. The highest BCUT2D eigenvalue weighted by Crippen LogP contribution is 2.20. The number of sulfone groups is 1. The maximum absolute atomic E-state index is 13.3. The lowest BCUT2D eigenvalue weighted by Gasteiger charge is -2.22. The topological polar surface area (TPSA) is 67.6 Å². The minimum atomic E-state index is -3.56. The van der Waals surface area contributed by atoms with Crippen LogP contribution in [0, 0.1) is 0 Å². The van der Waals surface area contributed by atoms with Gasteiger partial charge in [0, 0.05) is 13.1 Å². The molecule has 1 amide bonds. The van der Waals surface area contributed by atoms with Crippen LogP contribution in [0.5, 0.6) is 0 Å². The Hall–Kier alpha value is -3.64. The molecule has 0 fully saturated rings. The van der Waals surface area contributed by atoms with E-state index in [1.165, 1.54) is 0 Å². The van der Waals surface area contributed by atoms with Crippen LogP contribution < -0.4 is 0 Å². The van der Waals surface area contributed by atoms with E-state index in [-0.39, 0.29) is 28.1 Å². The summed E-state index contributed by atoms with van der Waals surface area (Å²) in [5.74, 6) is -0.241. The third-order valence-electron chi connectivity index (χ3n) is 5.03. The Morgan fingerprint density at radius 1 is 0.688 bits per heavy atom. The second kappa shape index (κ2) is 9.66. The van der Waals surface area contributed by atoms with Gasteiger partial charge in [-0.1, -0.05) is 78.9 Å². The number of rotatable bonds is 8. The van der Waals surface area contributed by atoms with Gasteiger partial charge in [-0.25, -0.2) is 8.42 Å². The largest absolute Gasteiger partial charge is 0.455 e. The van der Waals surface area contributed by atoms with Gasteiger partial charge in [-0.3, -0.25) is 4.79 Å². The van der Waals surface area contributed by atoms with Gasteiger partial charge in [-0.15, -0.1) is 0 Å². The summed E-state index contributed by atoms with van der Waals surface area (Å²) in [5.41, 5.74) is 1.99. The van der Waals surface area contributed by atoms with Crippen molar-refractivity contribution in [2.24, 2.45) is 0 Å². The lowest BCUT2D eigenvalue weighted by atomic mass is 10.1. The lowest BCUT2D eigenvalue weighted by molar-refractivity contribution is 0.0696. The van der Waals surface area contributed by atoms with E-state index >= 15 is 0 Å². The molecule has 4 rings (SSSR count). The zero-order valence-electron chi connectivity index (χ0n) is 17.4. The van der Waals surface area contributed by atoms with E-state index in [9.17, 15) is 13.2 Å². The predicted molar refractivity (Wildman–Crippen MR) is 123 cm³/mol. The number of carbonyl (C=O) groups is 1. The number of benzene rings is 3. The quantitative estimate of drug-likeness (QED) is 0.379. The van der Waals surface area contributed by atoms with Crippen molar-refractivity contribution in [1.29, 1.82) is 0 Å². The second-order valence-corrected chi connectivity index (χ2v) is 9.46. The van der Waals surface area contributed by atoms with Crippen molar-refractivity contribution >= 4 is 15.7 Å². The highest BCUT2D eigenvalue weighted by Gasteiger charge is 2.23. The maximum atomic E-state index is 13.3. The average molecular weight is 446 g/mol. The fraction of sp³-hybridized carbons (Fsp3) is 0.115. The standard InChI is InChI=1S/C26H23NO4S/c28-26(25-17-16-23(31-25)20-32(29,30)24-14-8-3-9-15-24)27(18-21-10-4-1-5-11-21)19-22-12-6-2-7-13-22/h1-17H,18-20H2. The number of hydrogen-bond donors (Lipinski definition) is 0. The highest BCUT2D eigenvalue weighted by molar-refractivity contribution is 7.90. The molecule has 0 spiro atoms. The minimum Gasteiger partial charge on any atom is -0.455 e. The summed E-state index contributed by atoms with van der Waals surface area (Å²) < 4.78 is 31.0. The number of hydrogen-bond acceptors (Lipinski definition) is 4. The predicted octanol–water partition coefficient (Wildman–Crippen LogP) is 5.10. The monoisotopic (exact) mass is 445 g/mol. The van der Waals surface area contributed by atoms with Gasteiger partial charge >= 0.3 is 0 Å². The number of carbonyl (C=O) groups excluding carboxylic acids is 1. The first-order chi connectivity index (χ1) is 15.5. The molecule has 4 aromatic rings. The Morgan fingerprint density at radius 2 is 1.19 bits per heavy atom. The van der Waals surface area contributed by atoms with Gasteiger partial charge in [0.15, 0.2) is 15.6 Å². The molecule has 0 atom stereocenters. The van der Waals surface area contributed by atoms with Crippen molar-refractivity contribution in [3.63, 3.8) is 0 Å². The van der Waals surface area contributed by atoms with Gasteiger partial charge < -0.3 is 9.32 Å². The molecule has 3 aromatic carbocycles. The molecule has 1 aromatic heterocycles. The van der Waals surface area contributed by atoms with Gasteiger partial charge in [0.05, 0.1) is 4.90 Å². The van der Waals surface area contributed by atoms with Crippen LogP contribution in [0.3, 0.4) is 0 Å². The molecule has 1 heterocycles. The van der Waals surface area contributed by atoms with Crippen molar-refractivity contribution in [2.45, 2.75) is 23.7 Å². The van der Waals surface area contributed by atoms with Gasteiger partial charge in [-0.2, -0.15) is 0 Å². The van der Waals surface area contributed by atoms with Crippen LogP contribution >= 0.6 is 0 Å². The van der Waals surface area contributed by atoms with Crippen LogP contribution in [0.2, 0.25) is 0 Å². The van der Waals surface area contributed by atoms with Gasteiger partial charge in [0.1, 0.15) is 11.5 Å². The fourth-order valence-corrected chi connectivity index (χ4v) is 4.70. The van der Waals surface area contributed by atoms with Crippen LogP contribution in [0.4, 0.5) is 0 Å². The highest BCUT2D eigenvalue weighted by atomic mass is 32.2. The normalized spacial score (nSPS) is 11.2. The molecule has 32 heavy (non-hydrogen) atoms. The van der Waals surface area contributed by atoms with Crippen LogP contribution in [0.25, 0.3) is 0 Å². The first-order valence-electron chi connectivity index (χ1n) is 10.2. The van der Waals surface area contributed by atoms with Crippen molar-refractivity contribution in [3.8, 4) is 0 Å². The fourth-order valence-electron chi connectivity index (χ4n) is 3.43. The summed E-state index contributed by atoms with van der Waals surface area (Å²) in [7, 11) is -3.56. The maximum Gasteiger partial charge on any atom is 0.290 e. The lowest BCUT2D eigenvalue weighted by Crippen LogP contribution is -2.29. The Labute approximate surface area is 187 Å². The smallest absolute Gasteiger partial charge is 0.290 e. The van der Waals surface area contributed by atoms with E-state index in [2.05, 4.69) is 0 Å². The Morgan fingerprint density at radius 3 is 1.72 bits per heavy atom. The summed E-state index contributed by atoms with van der Waals surface area (Å²) >= 11 is 0. The summed E-state index contributed by atoms with van der Waals surface area (Å²) in [6, 6.07) is 30.7. The zero-order valence-corrected chi connectivity index (χ0v) is 18.2. The molecular weight excluding hydrogens is 422 g/mol. The summed E-state index contributed by atoms with van der Waals surface area (Å²) in [6.45, 7) is 0.819. The molecule has 0 radical (unpaired) electrons. The third-order valence-corrected chi connectivity index (χ3v) is 6.68. The first kappa shape index (κ1) is 21.6. The van der Waals surface area contributed by atoms with E-state index in [0.717, 1.165) is 11.1 Å². The zero-order chi connectivity index (χ0) is 22.4. The Balaban J connectivity index is 1.55. The molecule has 5 nitrogen and oxygen atoms in total. The Bertz CT molecular complexity index is 1230. The first-order valence-corrected chi connectivity index (χ1v) is 11.9. The molecule has 0 aliphatic rings. The molecule has 162 valence electrons. The molecule has 0 bridgehead atoms. The molecular formula is C26H23NO4S. The Kier molecular flexibility index (Phi) is 6.52. The minimum absolute atomic E-state index is 0.120. The SMILES string of the molecule is O=C(c1ccc(CS(=O)(=O)c2ccccc2)o1)N(Cc1ccccc1)Cc1ccccc1. The number of furan rings is 1. The molecule has 0 aliphatic heterocycles. The molecule has 0 unspecified atom stereocenters.